The number of amides is 2. The van der Waals surface area contributed by atoms with Gasteiger partial charge in [0.15, 0.2) is 0 Å². The molecule has 22 heavy (non-hydrogen) atoms. The molecule has 0 unspecified atom stereocenters. The molecule has 0 aliphatic carbocycles. The van der Waals surface area contributed by atoms with Gasteiger partial charge in [0, 0.05) is 6.54 Å². The highest BCUT2D eigenvalue weighted by Gasteiger charge is 2.05. The van der Waals surface area contributed by atoms with E-state index in [1.165, 1.54) is 12.1 Å². The van der Waals surface area contributed by atoms with Crippen molar-refractivity contribution in [2.45, 2.75) is 12.8 Å². The van der Waals surface area contributed by atoms with Crippen LogP contribution >= 0.6 is 0 Å². The molecule has 4 nitrogen and oxygen atoms in total. The summed E-state index contributed by atoms with van der Waals surface area (Å²) in [4.78, 5) is 11.8. The Balaban J connectivity index is 1.72. The van der Waals surface area contributed by atoms with Crippen molar-refractivity contribution in [1.82, 2.24) is 5.32 Å². The Bertz CT molecular complexity index is 614. The van der Waals surface area contributed by atoms with Crippen molar-refractivity contribution >= 4 is 11.7 Å². The van der Waals surface area contributed by atoms with E-state index >= 15 is 0 Å². The fraction of sp³-hybridized carbons (Fsp3) is 0.235. The van der Waals surface area contributed by atoms with Crippen LogP contribution in [0.15, 0.2) is 48.5 Å². The standard InChI is InChI=1S/C17H19FN2O2/c1-22-16-7-3-2-6-15(16)20-17(21)19-12-4-5-13-8-10-14(18)11-9-13/h2-3,6-11H,4-5,12H2,1H3,(H2,19,20,21). The third-order valence-corrected chi connectivity index (χ3v) is 3.20. The number of carbonyl (C=O) groups is 1. The van der Waals surface area contributed by atoms with Crippen LogP contribution in [0.2, 0.25) is 0 Å². The average molecular weight is 302 g/mol. The predicted molar refractivity (Wildman–Crippen MR) is 84.7 cm³/mol. The van der Waals surface area contributed by atoms with Crippen LogP contribution in [0, 0.1) is 5.82 Å². The first-order chi connectivity index (χ1) is 10.7. The molecular formula is C17H19FN2O2. The number of aryl methyl sites for hydroxylation is 1. The first-order valence-electron chi connectivity index (χ1n) is 7.11. The van der Waals surface area contributed by atoms with E-state index in [4.69, 9.17) is 4.74 Å². The lowest BCUT2D eigenvalue weighted by Gasteiger charge is -2.10. The number of methoxy groups -OCH3 is 1. The second-order valence-electron chi connectivity index (χ2n) is 4.81. The van der Waals surface area contributed by atoms with Gasteiger partial charge in [0.05, 0.1) is 12.8 Å². The summed E-state index contributed by atoms with van der Waals surface area (Å²) < 4.78 is 17.9. The number of urea groups is 1. The molecule has 2 N–H and O–H groups in total. The number of nitrogens with one attached hydrogen (secondary N) is 2. The number of benzene rings is 2. The average Bonchev–Trinajstić information content (AvgIpc) is 2.54. The van der Waals surface area contributed by atoms with Crippen molar-refractivity contribution in [1.29, 1.82) is 0 Å². The topological polar surface area (TPSA) is 50.4 Å². The van der Waals surface area contributed by atoms with Crippen LogP contribution in [0.1, 0.15) is 12.0 Å². The maximum absolute atomic E-state index is 12.8. The van der Waals surface area contributed by atoms with Crippen LogP contribution in [0.4, 0.5) is 14.9 Å². The fourth-order valence-electron chi connectivity index (χ4n) is 2.06. The van der Waals surface area contributed by atoms with Crippen molar-refractivity contribution in [2.75, 3.05) is 19.0 Å². The van der Waals surface area contributed by atoms with E-state index in [2.05, 4.69) is 10.6 Å². The van der Waals surface area contributed by atoms with E-state index in [9.17, 15) is 9.18 Å². The predicted octanol–water partition coefficient (Wildman–Crippen LogP) is 3.59. The first-order valence-corrected chi connectivity index (χ1v) is 7.11. The van der Waals surface area contributed by atoms with Gasteiger partial charge in [-0.05, 0) is 42.7 Å². The fourth-order valence-corrected chi connectivity index (χ4v) is 2.06. The molecule has 0 fully saturated rings. The van der Waals surface area contributed by atoms with Crippen molar-refractivity contribution in [3.8, 4) is 5.75 Å². The van der Waals surface area contributed by atoms with E-state index < -0.39 is 0 Å². The molecule has 2 aromatic carbocycles. The van der Waals surface area contributed by atoms with Gasteiger partial charge in [-0.2, -0.15) is 0 Å². The zero-order chi connectivity index (χ0) is 15.8. The largest absolute Gasteiger partial charge is 0.495 e. The van der Waals surface area contributed by atoms with E-state index in [1.807, 2.05) is 12.1 Å². The zero-order valence-corrected chi connectivity index (χ0v) is 12.4. The molecule has 2 rings (SSSR count). The monoisotopic (exact) mass is 302 g/mol. The Morgan fingerprint density at radius 2 is 1.86 bits per heavy atom. The van der Waals surface area contributed by atoms with Gasteiger partial charge in [0.1, 0.15) is 11.6 Å². The Morgan fingerprint density at radius 1 is 1.14 bits per heavy atom. The molecule has 0 atom stereocenters. The van der Waals surface area contributed by atoms with Gasteiger partial charge >= 0.3 is 6.03 Å². The summed E-state index contributed by atoms with van der Waals surface area (Å²) in [6.45, 7) is 0.540. The van der Waals surface area contributed by atoms with Crippen molar-refractivity contribution < 1.29 is 13.9 Å². The van der Waals surface area contributed by atoms with Crippen LogP contribution in [-0.2, 0) is 6.42 Å². The lowest BCUT2D eigenvalue weighted by Crippen LogP contribution is -2.29. The third kappa shape index (κ3) is 4.77. The Labute approximate surface area is 129 Å². The number of hydrogen-bond acceptors (Lipinski definition) is 2. The molecule has 5 heteroatoms. The number of hydrogen-bond donors (Lipinski definition) is 2. The maximum atomic E-state index is 12.8. The van der Waals surface area contributed by atoms with Crippen molar-refractivity contribution in [2.24, 2.45) is 0 Å². The summed E-state index contributed by atoms with van der Waals surface area (Å²) in [5.41, 5.74) is 1.68. The molecule has 0 saturated carbocycles. The van der Waals surface area contributed by atoms with Crippen LogP contribution in [-0.4, -0.2) is 19.7 Å². The molecule has 0 aromatic heterocycles. The second kappa shape index (κ2) is 8.02. The molecule has 2 amide bonds. The summed E-state index contributed by atoms with van der Waals surface area (Å²) in [6.07, 6.45) is 1.57. The minimum atomic E-state index is -0.274. The SMILES string of the molecule is COc1ccccc1NC(=O)NCCCc1ccc(F)cc1. The summed E-state index contributed by atoms with van der Waals surface area (Å²) in [5.74, 6) is 0.377. The van der Waals surface area contributed by atoms with Gasteiger partial charge in [-0.25, -0.2) is 9.18 Å². The van der Waals surface area contributed by atoms with Crippen LogP contribution < -0.4 is 15.4 Å². The highest BCUT2D eigenvalue weighted by Crippen LogP contribution is 2.22. The molecule has 0 spiro atoms. The lowest BCUT2D eigenvalue weighted by molar-refractivity contribution is 0.252. The third-order valence-electron chi connectivity index (χ3n) is 3.20. The quantitative estimate of drug-likeness (QED) is 0.801. The molecule has 0 heterocycles. The number of halogens is 1. The van der Waals surface area contributed by atoms with Crippen molar-refractivity contribution in [3.63, 3.8) is 0 Å². The highest BCUT2D eigenvalue weighted by molar-refractivity contribution is 5.90. The normalized spacial score (nSPS) is 10.1. The Kier molecular flexibility index (Phi) is 5.77. The van der Waals surface area contributed by atoms with Gasteiger partial charge < -0.3 is 15.4 Å². The van der Waals surface area contributed by atoms with E-state index in [-0.39, 0.29) is 11.8 Å². The number of carbonyl (C=O) groups excluding carboxylic acids is 1. The molecule has 2 aromatic rings. The van der Waals surface area contributed by atoms with Gasteiger partial charge in [0.25, 0.3) is 0 Å². The van der Waals surface area contributed by atoms with Crippen LogP contribution in [0.25, 0.3) is 0 Å². The van der Waals surface area contributed by atoms with Gasteiger partial charge in [-0.15, -0.1) is 0 Å². The molecule has 0 aliphatic heterocycles. The summed E-state index contributed by atoms with van der Waals surface area (Å²) in [7, 11) is 1.56. The van der Waals surface area contributed by atoms with Crippen LogP contribution in [0.3, 0.4) is 0 Å². The van der Waals surface area contributed by atoms with Gasteiger partial charge in [-0.3, -0.25) is 0 Å². The molecule has 116 valence electrons. The molecule has 0 aliphatic rings. The van der Waals surface area contributed by atoms with Crippen LogP contribution in [0.5, 0.6) is 5.75 Å². The Morgan fingerprint density at radius 3 is 2.59 bits per heavy atom. The minimum absolute atomic E-state index is 0.238. The van der Waals surface area contributed by atoms with E-state index in [0.717, 1.165) is 18.4 Å². The lowest BCUT2D eigenvalue weighted by atomic mass is 10.1. The number of ether oxygens (including phenoxy) is 1. The summed E-state index contributed by atoms with van der Waals surface area (Å²) >= 11 is 0. The van der Waals surface area contributed by atoms with Gasteiger partial charge in [0.2, 0.25) is 0 Å². The zero-order valence-electron chi connectivity index (χ0n) is 12.4. The molecule has 0 radical (unpaired) electrons. The van der Waals surface area contributed by atoms with E-state index in [1.54, 1.807) is 31.4 Å². The second-order valence-corrected chi connectivity index (χ2v) is 4.81. The summed E-state index contributed by atoms with van der Waals surface area (Å²) in [5, 5.41) is 5.53. The summed E-state index contributed by atoms with van der Waals surface area (Å²) in [6, 6.07) is 13.3. The van der Waals surface area contributed by atoms with Crippen molar-refractivity contribution in [3.05, 3.63) is 59.9 Å². The number of para-hydroxylation sites is 2. The van der Waals surface area contributed by atoms with E-state index in [0.29, 0.717) is 18.0 Å². The number of rotatable bonds is 6. The smallest absolute Gasteiger partial charge is 0.319 e. The first kappa shape index (κ1) is 15.8. The Hall–Kier alpha value is -2.56. The van der Waals surface area contributed by atoms with Gasteiger partial charge in [-0.1, -0.05) is 24.3 Å². The highest BCUT2D eigenvalue weighted by atomic mass is 19.1. The maximum Gasteiger partial charge on any atom is 0.319 e. The minimum Gasteiger partial charge on any atom is -0.495 e. The molecule has 0 bridgehead atoms. The molecule has 0 saturated heterocycles. The molecular weight excluding hydrogens is 283 g/mol. The number of anilines is 1.